The highest BCUT2D eigenvalue weighted by atomic mass is 32.2. The quantitative estimate of drug-likeness (QED) is 0.589. The number of carbonyl (C=O) groups is 1. The molecule has 22 heavy (non-hydrogen) atoms. The molecular weight excluding hydrogens is 298 g/mol. The summed E-state index contributed by atoms with van der Waals surface area (Å²) < 4.78 is 0. The SMILES string of the molecule is CCC/C(=N\OCC)C1=C(O)C[C@H](C2CCCSC2)CC1=O. The van der Waals surface area contributed by atoms with Crippen LogP contribution in [0.25, 0.3) is 0 Å². The van der Waals surface area contributed by atoms with Gasteiger partial charge in [0.15, 0.2) is 5.78 Å². The predicted octanol–water partition coefficient (Wildman–Crippen LogP) is 4.11. The second-order valence-electron chi connectivity index (χ2n) is 6.10. The molecule has 5 heteroatoms. The Hall–Kier alpha value is -0.970. The normalized spacial score (nSPS) is 27.2. The van der Waals surface area contributed by atoms with Crippen molar-refractivity contribution in [1.29, 1.82) is 0 Å². The molecule has 124 valence electrons. The number of hydrogen-bond donors (Lipinski definition) is 1. The van der Waals surface area contributed by atoms with Crippen molar-refractivity contribution in [3.8, 4) is 0 Å². The number of aliphatic hydroxyl groups excluding tert-OH is 1. The molecule has 1 saturated heterocycles. The predicted molar refractivity (Wildman–Crippen MR) is 91.4 cm³/mol. The van der Waals surface area contributed by atoms with E-state index in [1.165, 1.54) is 18.6 Å². The summed E-state index contributed by atoms with van der Waals surface area (Å²) in [5, 5.41) is 14.5. The largest absolute Gasteiger partial charge is 0.511 e. The Labute approximate surface area is 137 Å². The van der Waals surface area contributed by atoms with E-state index in [0.717, 1.165) is 12.2 Å². The minimum Gasteiger partial charge on any atom is -0.511 e. The third-order valence-corrected chi connectivity index (χ3v) is 5.65. The zero-order chi connectivity index (χ0) is 15.9. The molecule has 1 fully saturated rings. The van der Waals surface area contributed by atoms with Crippen molar-refractivity contribution < 1.29 is 14.7 Å². The molecule has 0 aromatic rings. The van der Waals surface area contributed by atoms with Gasteiger partial charge in [-0.2, -0.15) is 11.8 Å². The molecule has 0 radical (unpaired) electrons. The van der Waals surface area contributed by atoms with Gasteiger partial charge in [0, 0.05) is 12.8 Å². The van der Waals surface area contributed by atoms with Gasteiger partial charge in [0.2, 0.25) is 0 Å². The number of aliphatic hydroxyl groups is 1. The van der Waals surface area contributed by atoms with Crippen molar-refractivity contribution >= 4 is 23.3 Å². The third-order valence-electron chi connectivity index (χ3n) is 4.41. The van der Waals surface area contributed by atoms with Crippen LogP contribution in [-0.2, 0) is 9.63 Å². The van der Waals surface area contributed by atoms with Gasteiger partial charge in [-0.05, 0) is 49.5 Å². The molecule has 1 unspecified atom stereocenters. The Morgan fingerprint density at radius 2 is 2.18 bits per heavy atom. The Kier molecular flexibility index (Phi) is 6.80. The molecule has 1 aliphatic heterocycles. The lowest BCUT2D eigenvalue weighted by Crippen LogP contribution is -2.30. The minimum absolute atomic E-state index is 0.0382. The van der Waals surface area contributed by atoms with E-state index in [1.54, 1.807) is 0 Å². The van der Waals surface area contributed by atoms with E-state index in [2.05, 4.69) is 5.16 Å². The lowest BCUT2D eigenvalue weighted by atomic mass is 9.76. The topological polar surface area (TPSA) is 58.9 Å². The average molecular weight is 325 g/mol. The van der Waals surface area contributed by atoms with Gasteiger partial charge in [-0.25, -0.2) is 0 Å². The second kappa shape index (κ2) is 8.61. The highest BCUT2D eigenvalue weighted by Gasteiger charge is 2.35. The number of nitrogens with zero attached hydrogens (tertiary/aromatic N) is 1. The fourth-order valence-electron chi connectivity index (χ4n) is 3.32. The van der Waals surface area contributed by atoms with E-state index in [4.69, 9.17) is 4.84 Å². The molecule has 1 aliphatic carbocycles. The Balaban J connectivity index is 2.15. The summed E-state index contributed by atoms with van der Waals surface area (Å²) in [6.07, 6.45) is 5.10. The molecule has 4 nitrogen and oxygen atoms in total. The number of carbonyl (C=O) groups excluding carboxylic acids is 1. The van der Waals surface area contributed by atoms with Crippen LogP contribution in [0.4, 0.5) is 0 Å². The van der Waals surface area contributed by atoms with Crippen molar-refractivity contribution in [1.82, 2.24) is 0 Å². The molecule has 2 atom stereocenters. The number of allylic oxidation sites excluding steroid dienone is 2. The van der Waals surface area contributed by atoms with E-state index in [0.29, 0.717) is 49.0 Å². The molecular formula is C17H27NO3S. The summed E-state index contributed by atoms with van der Waals surface area (Å²) in [5.74, 6) is 3.46. The van der Waals surface area contributed by atoms with Crippen LogP contribution in [-0.4, -0.2) is 34.7 Å². The van der Waals surface area contributed by atoms with Crippen LogP contribution < -0.4 is 0 Å². The van der Waals surface area contributed by atoms with Gasteiger partial charge in [-0.1, -0.05) is 18.5 Å². The smallest absolute Gasteiger partial charge is 0.168 e. The highest BCUT2D eigenvalue weighted by Crippen LogP contribution is 2.38. The molecule has 2 rings (SSSR count). The van der Waals surface area contributed by atoms with Crippen molar-refractivity contribution in [2.75, 3.05) is 18.1 Å². The van der Waals surface area contributed by atoms with Gasteiger partial charge in [0.05, 0.1) is 11.3 Å². The van der Waals surface area contributed by atoms with Crippen LogP contribution in [0.2, 0.25) is 0 Å². The van der Waals surface area contributed by atoms with Crippen molar-refractivity contribution in [3.63, 3.8) is 0 Å². The first kappa shape index (κ1) is 17.4. The lowest BCUT2D eigenvalue weighted by Gasteiger charge is -2.32. The minimum atomic E-state index is 0.0382. The monoisotopic (exact) mass is 325 g/mol. The number of Topliss-reactive ketones (excluding diaryl/α,β-unsaturated/α-hetero) is 1. The summed E-state index contributed by atoms with van der Waals surface area (Å²) in [5.41, 5.74) is 1.04. The fourth-order valence-corrected chi connectivity index (χ4v) is 4.60. The summed E-state index contributed by atoms with van der Waals surface area (Å²) >= 11 is 1.97. The summed E-state index contributed by atoms with van der Waals surface area (Å²) in [4.78, 5) is 17.7. The number of hydrogen-bond acceptors (Lipinski definition) is 5. The van der Waals surface area contributed by atoms with Gasteiger partial charge in [-0.3, -0.25) is 4.79 Å². The zero-order valence-electron chi connectivity index (χ0n) is 13.6. The van der Waals surface area contributed by atoms with E-state index in [-0.39, 0.29) is 11.5 Å². The third kappa shape index (κ3) is 4.28. The van der Waals surface area contributed by atoms with Gasteiger partial charge >= 0.3 is 0 Å². The maximum atomic E-state index is 12.6. The maximum Gasteiger partial charge on any atom is 0.168 e. The molecule has 0 saturated carbocycles. The zero-order valence-corrected chi connectivity index (χ0v) is 14.5. The van der Waals surface area contributed by atoms with E-state index in [9.17, 15) is 9.90 Å². The van der Waals surface area contributed by atoms with Crippen LogP contribution in [0, 0.1) is 11.8 Å². The summed E-state index contributed by atoms with van der Waals surface area (Å²) in [6.45, 7) is 4.37. The van der Waals surface area contributed by atoms with E-state index < -0.39 is 0 Å². The van der Waals surface area contributed by atoms with Crippen LogP contribution in [0.15, 0.2) is 16.5 Å². The van der Waals surface area contributed by atoms with Crippen LogP contribution in [0.1, 0.15) is 52.4 Å². The number of ketones is 1. The molecule has 0 amide bonds. The molecule has 0 aromatic heterocycles. The molecule has 0 aromatic carbocycles. The highest BCUT2D eigenvalue weighted by molar-refractivity contribution is 7.99. The van der Waals surface area contributed by atoms with Crippen molar-refractivity contribution in [2.24, 2.45) is 17.0 Å². The summed E-state index contributed by atoms with van der Waals surface area (Å²) in [6, 6.07) is 0. The van der Waals surface area contributed by atoms with Crippen molar-refractivity contribution in [2.45, 2.75) is 52.4 Å². The van der Waals surface area contributed by atoms with Crippen LogP contribution in [0.5, 0.6) is 0 Å². The molecule has 2 aliphatic rings. The first-order valence-corrected chi connectivity index (χ1v) is 9.55. The first-order chi connectivity index (χ1) is 10.7. The summed E-state index contributed by atoms with van der Waals surface area (Å²) in [7, 11) is 0. The number of thioether (sulfide) groups is 1. The number of oxime groups is 1. The van der Waals surface area contributed by atoms with Gasteiger partial charge in [0.1, 0.15) is 12.4 Å². The number of rotatable bonds is 6. The van der Waals surface area contributed by atoms with Gasteiger partial charge < -0.3 is 9.94 Å². The van der Waals surface area contributed by atoms with Gasteiger partial charge in [-0.15, -0.1) is 0 Å². The molecule has 0 spiro atoms. The lowest BCUT2D eigenvalue weighted by molar-refractivity contribution is -0.117. The molecule has 0 bridgehead atoms. The van der Waals surface area contributed by atoms with E-state index >= 15 is 0 Å². The Morgan fingerprint density at radius 3 is 2.77 bits per heavy atom. The van der Waals surface area contributed by atoms with Gasteiger partial charge in [0.25, 0.3) is 0 Å². The Morgan fingerprint density at radius 1 is 1.36 bits per heavy atom. The maximum absolute atomic E-state index is 12.6. The van der Waals surface area contributed by atoms with E-state index in [1.807, 2.05) is 25.6 Å². The Bertz CT molecular complexity index is 453. The van der Waals surface area contributed by atoms with Crippen molar-refractivity contribution in [3.05, 3.63) is 11.3 Å². The van der Waals surface area contributed by atoms with Crippen LogP contribution in [0.3, 0.4) is 0 Å². The fraction of sp³-hybridized carbons (Fsp3) is 0.765. The second-order valence-corrected chi connectivity index (χ2v) is 7.25. The van der Waals surface area contributed by atoms with Crippen LogP contribution >= 0.6 is 11.8 Å². The standard InChI is InChI=1S/C17H27NO3S/c1-3-6-14(18-21-4-2)17-15(19)9-13(10-16(17)20)12-7-5-8-22-11-12/h12-13,19H,3-11H2,1-2H3/b18-14+/t12?,13-/m0/s1. The first-order valence-electron chi connectivity index (χ1n) is 8.39. The molecule has 1 N–H and O–H groups in total. The average Bonchev–Trinajstić information content (AvgIpc) is 2.52. The molecule has 1 heterocycles.